The van der Waals surface area contributed by atoms with E-state index in [2.05, 4.69) is 0 Å². The van der Waals surface area contributed by atoms with Gasteiger partial charge in [0, 0.05) is 39.6 Å². The van der Waals surface area contributed by atoms with E-state index in [1.165, 1.54) is 0 Å². The summed E-state index contributed by atoms with van der Waals surface area (Å²) >= 11 is 5.54. The minimum absolute atomic E-state index is 0.116. The number of nitrogens with zero attached hydrogens (tertiary/aromatic N) is 1. The van der Waals surface area contributed by atoms with Crippen molar-refractivity contribution in [3.8, 4) is 0 Å². The van der Waals surface area contributed by atoms with Crippen LogP contribution in [0.4, 0.5) is 0 Å². The van der Waals surface area contributed by atoms with Gasteiger partial charge in [-0.15, -0.1) is 11.6 Å². The van der Waals surface area contributed by atoms with Crippen molar-refractivity contribution in [3.63, 3.8) is 0 Å². The second-order valence-electron chi connectivity index (χ2n) is 3.16. The van der Waals surface area contributed by atoms with Crippen molar-refractivity contribution < 1.29 is 14.3 Å². The molecule has 0 saturated carbocycles. The molecule has 15 heavy (non-hydrogen) atoms. The average Bonchev–Trinajstić information content (AvgIpc) is 2.26. The van der Waals surface area contributed by atoms with Crippen molar-refractivity contribution in [2.24, 2.45) is 0 Å². The van der Waals surface area contributed by atoms with Gasteiger partial charge in [0.2, 0.25) is 5.91 Å². The lowest BCUT2D eigenvalue weighted by molar-refractivity contribution is -0.132. The smallest absolute Gasteiger partial charge is 0.222 e. The van der Waals surface area contributed by atoms with E-state index in [-0.39, 0.29) is 5.91 Å². The van der Waals surface area contributed by atoms with E-state index in [0.29, 0.717) is 38.6 Å². The molecular formula is C10H20ClNO3. The van der Waals surface area contributed by atoms with Crippen LogP contribution in [-0.4, -0.2) is 57.2 Å². The summed E-state index contributed by atoms with van der Waals surface area (Å²) in [6, 6.07) is 0. The number of hydrogen-bond donors (Lipinski definition) is 0. The van der Waals surface area contributed by atoms with E-state index in [1.54, 1.807) is 19.1 Å². The number of methoxy groups -OCH3 is 2. The topological polar surface area (TPSA) is 38.8 Å². The van der Waals surface area contributed by atoms with Crippen LogP contribution in [0.1, 0.15) is 12.8 Å². The van der Waals surface area contributed by atoms with Gasteiger partial charge >= 0.3 is 0 Å². The summed E-state index contributed by atoms with van der Waals surface area (Å²) in [4.78, 5) is 13.4. The average molecular weight is 238 g/mol. The second kappa shape index (κ2) is 10.2. The summed E-state index contributed by atoms with van der Waals surface area (Å²) in [7, 11) is 3.25. The highest BCUT2D eigenvalue weighted by Crippen LogP contribution is 1.99. The number of amides is 1. The Bertz CT molecular complexity index is 159. The molecule has 0 rings (SSSR count). The Morgan fingerprint density at radius 2 is 1.73 bits per heavy atom. The first-order chi connectivity index (χ1) is 7.26. The molecule has 0 radical (unpaired) electrons. The molecule has 0 aliphatic carbocycles. The van der Waals surface area contributed by atoms with Crippen LogP contribution >= 0.6 is 11.6 Å². The Hall–Kier alpha value is -0.320. The summed E-state index contributed by atoms with van der Waals surface area (Å²) in [6.07, 6.45) is 1.22. The van der Waals surface area contributed by atoms with Crippen LogP contribution in [-0.2, 0) is 14.3 Å². The van der Waals surface area contributed by atoms with Gasteiger partial charge in [-0.05, 0) is 6.42 Å². The Morgan fingerprint density at radius 3 is 2.13 bits per heavy atom. The maximum absolute atomic E-state index is 11.7. The Labute approximate surface area is 96.5 Å². The largest absolute Gasteiger partial charge is 0.383 e. The molecule has 1 amide bonds. The van der Waals surface area contributed by atoms with E-state index < -0.39 is 0 Å². The van der Waals surface area contributed by atoms with Gasteiger partial charge in [0.25, 0.3) is 0 Å². The zero-order valence-electron chi connectivity index (χ0n) is 9.50. The van der Waals surface area contributed by atoms with E-state index in [0.717, 1.165) is 6.42 Å². The minimum Gasteiger partial charge on any atom is -0.383 e. The fourth-order valence-corrected chi connectivity index (χ4v) is 1.27. The SMILES string of the molecule is COCCN(CCOC)C(=O)CCCCl. The number of rotatable bonds is 9. The Morgan fingerprint density at radius 1 is 1.20 bits per heavy atom. The molecule has 4 nitrogen and oxygen atoms in total. The highest BCUT2D eigenvalue weighted by molar-refractivity contribution is 6.17. The second-order valence-corrected chi connectivity index (χ2v) is 3.54. The van der Waals surface area contributed by atoms with Crippen molar-refractivity contribution in [2.75, 3.05) is 46.4 Å². The van der Waals surface area contributed by atoms with Gasteiger partial charge in [-0.1, -0.05) is 0 Å². The summed E-state index contributed by atoms with van der Waals surface area (Å²) in [5.41, 5.74) is 0. The van der Waals surface area contributed by atoms with E-state index >= 15 is 0 Å². The van der Waals surface area contributed by atoms with Crippen LogP contribution in [0.15, 0.2) is 0 Å². The van der Waals surface area contributed by atoms with Gasteiger partial charge in [0.1, 0.15) is 0 Å². The fourth-order valence-electron chi connectivity index (χ4n) is 1.14. The molecule has 0 heterocycles. The molecule has 0 unspecified atom stereocenters. The molecule has 0 atom stereocenters. The lowest BCUT2D eigenvalue weighted by Crippen LogP contribution is -2.36. The number of carbonyl (C=O) groups excluding carboxylic acids is 1. The standard InChI is InChI=1S/C10H20ClNO3/c1-14-8-6-12(7-9-15-2)10(13)4-3-5-11/h3-9H2,1-2H3. The molecule has 0 aromatic carbocycles. The molecule has 0 fully saturated rings. The highest BCUT2D eigenvalue weighted by Gasteiger charge is 2.11. The first-order valence-electron chi connectivity index (χ1n) is 5.07. The Balaban J connectivity index is 3.90. The lowest BCUT2D eigenvalue weighted by atomic mass is 10.3. The Kier molecular flexibility index (Phi) is 9.99. The number of hydrogen-bond acceptors (Lipinski definition) is 3. The van der Waals surface area contributed by atoms with Gasteiger partial charge in [-0.25, -0.2) is 0 Å². The molecule has 0 aliphatic heterocycles. The third kappa shape index (κ3) is 7.59. The maximum atomic E-state index is 11.7. The summed E-state index contributed by atoms with van der Waals surface area (Å²) in [5.74, 6) is 0.637. The molecule has 90 valence electrons. The summed E-state index contributed by atoms with van der Waals surface area (Å²) in [5, 5.41) is 0. The molecule has 0 saturated heterocycles. The number of carbonyl (C=O) groups is 1. The van der Waals surface area contributed by atoms with Gasteiger partial charge < -0.3 is 14.4 Å². The van der Waals surface area contributed by atoms with Crippen molar-refractivity contribution in [1.29, 1.82) is 0 Å². The summed E-state index contributed by atoms with van der Waals surface area (Å²) in [6.45, 7) is 2.33. The van der Waals surface area contributed by atoms with Crippen LogP contribution in [0.25, 0.3) is 0 Å². The predicted octanol–water partition coefficient (Wildman–Crippen LogP) is 1.13. The van der Waals surface area contributed by atoms with E-state index in [9.17, 15) is 4.79 Å². The molecule has 0 spiro atoms. The normalized spacial score (nSPS) is 10.3. The van der Waals surface area contributed by atoms with Crippen molar-refractivity contribution in [1.82, 2.24) is 4.90 Å². The quantitative estimate of drug-likeness (QED) is 0.565. The fraction of sp³-hybridized carbons (Fsp3) is 0.900. The monoisotopic (exact) mass is 237 g/mol. The van der Waals surface area contributed by atoms with Gasteiger partial charge in [-0.2, -0.15) is 0 Å². The van der Waals surface area contributed by atoms with Gasteiger partial charge in [-0.3, -0.25) is 4.79 Å². The molecule has 0 aromatic heterocycles. The lowest BCUT2D eigenvalue weighted by Gasteiger charge is -2.21. The van der Waals surface area contributed by atoms with Gasteiger partial charge in [0.15, 0.2) is 0 Å². The van der Waals surface area contributed by atoms with Gasteiger partial charge in [0.05, 0.1) is 13.2 Å². The third-order valence-electron chi connectivity index (χ3n) is 2.01. The zero-order valence-corrected chi connectivity index (χ0v) is 10.3. The van der Waals surface area contributed by atoms with E-state index in [1.807, 2.05) is 0 Å². The predicted molar refractivity (Wildman–Crippen MR) is 60.3 cm³/mol. The van der Waals surface area contributed by atoms with Crippen LogP contribution in [0.3, 0.4) is 0 Å². The number of ether oxygens (including phenoxy) is 2. The first-order valence-corrected chi connectivity index (χ1v) is 5.61. The zero-order chi connectivity index (χ0) is 11.5. The van der Waals surface area contributed by atoms with Crippen LogP contribution in [0, 0.1) is 0 Å². The molecular weight excluding hydrogens is 218 g/mol. The summed E-state index contributed by atoms with van der Waals surface area (Å²) < 4.78 is 9.89. The van der Waals surface area contributed by atoms with E-state index in [4.69, 9.17) is 21.1 Å². The van der Waals surface area contributed by atoms with Crippen molar-refractivity contribution in [3.05, 3.63) is 0 Å². The van der Waals surface area contributed by atoms with Crippen molar-refractivity contribution >= 4 is 17.5 Å². The van der Waals surface area contributed by atoms with Crippen LogP contribution in [0.5, 0.6) is 0 Å². The molecule has 0 aliphatic rings. The first kappa shape index (κ1) is 14.7. The maximum Gasteiger partial charge on any atom is 0.222 e. The van der Waals surface area contributed by atoms with Crippen LogP contribution < -0.4 is 0 Å². The minimum atomic E-state index is 0.116. The van der Waals surface area contributed by atoms with Crippen molar-refractivity contribution in [2.45, 2.75) is 12.8 Å². The molecule has 5 heteroatoms. The molecule has 0 bridgehead atoms. The molecule has 0 aromatic rings. The highest BCUT2D eigenvalue weighted by atomic mass is 35.5. The third-order valence-corrected chi connectivity index (χ3v) is 2.27. The number of halogens is 1. The molecule has 0 N–H and O–H groups in total. The van der Waals surface area contributed by atoms with Crippen LogP contribution in [0.2, 0.25) is 0 Å². The number of alkyl halides is 1.